The molecule has 0 aliphatic carbocycles. The molecule has 1 amide bonds. The third-order valence-corrected chi connectivity index (χ3v) is 4.14. The number of nitrogens with two attached hydrogens (primary N) is 1. The number of amides is 1. The van der Waals surface area contributed by atoms with Crippen molar-refractivity contribution >= 4 is 17.5 Å². The summed E-state index contributed by atoms with van der Waals surface area (Å²) in [6.45, 7) is 4.33. The van der Waals surface area contributed by atoms with Gasteiger partial charge in [0.05, 0.1) is 18.1 Å². The molecule has 1 saturated heterocycles. The second-order valence-electron chi connectivity index (χ2n) is 5.97. The molecule has 0 bridgehead atoms. The molecule has 0 aromatic heterocycles. The van der Waals surface area contributed by atoms with Crippen molar-refractivity contribution in [2.75, 3.05) is 19.6 Å². The number of carbonyl (C=O) groups excluding carboxylic acids is 3. The van der Waals surface area contributed by atoms with E-state index in [1.807, 2.05) is 0 Å². The standard InChI is InChI=1S/C15H27N3O4/c1-9(19)12(15(22)18-13(7-16)10(2)20)6-14(21)11-4-3-5-17-8-11/h9,11-13,17,19H,3-8,16H2,1-2H3,(H,18,22)/t9-,11-,12-,13-/m0/s1. The predicted octanol–water partition coefficient (Wildman–Crippen LogP) is -1.03. The van der Waals surface area contributed by atoms with Crippen LogP contribution in [0.15, 0.2) is 0 Å². The van der Waals surface area contributed by atoms with Gasteiger partial charge in [-0.15, -0.1) is 0 Å². The van der Waals surface area contributed by atoms with E-state index >= 15 is 0 Å². The third kappa shape index (κ3) is 5.47. The smallest absolute Gasteiger partial charge is 0.226 e. The van der Waals surface area contributed by atoms with Gasteiger partial charge in [0.25, 0.3) is 0 Å². The summed E-state index contributed by atoms with van der Waals surface area (Å²) in [5, 5.41) is 15.5. The first-order chi connectivity index (χ1) is 10.4. The molecular weight excluding hydrogens is 286 g/mol. The highest BCUT2D eigenvalue weighted by Crippen LogP contribution is 2.18. The van der Waals surface area contributed by atoms with E-state index in [0.717, 1.165) is 19.4 Å². The number of piperidine rings is 1. The van der Waals surface area contributed by atoms with Gasteiger partial charge in [-0.1, -0.05) is 0 Å². The van der Waals surface area contributed by atoms with Gasteiger partial charge in [-0.2, -0.15) is 0 Å². The maximum atomic E-state index is 12.3. The van der Waals surface area contributed by atoms with Crippen LogP contribution in [0.2, 0.25) is 0 Å². The summed E-state index contributed by atoms with van der Waals surface area (Å²) in [6, 6.07) is -0.778. The Hall–Kier alpha value is -1.31. The number of hydrogen-bond donors (Lipinski definition) is 4. The zero-order chi connectivity index (χ0) is 16.7. The van der Waals surface area contributed by atoms with Gasteiger partial charge in [0.15, 0.2) is 5.78 Å². The van der Waals surface area contributed by atoms with Crippen LogP contribution in [0.3, 0.4) is 0 Å². The molecule has 1 rings (SSSR count). The van der Waals surface area contributed by atoms with E-state index in [0.29, 0.717) is 6.54 Å². The molecule has 1 aliphatic heterocycles. The van der Waals surface area contributed by atoms with Gasteiger partial charge < -0.3 is 21.5 Å². The lowest BCUT2D eigenvalue weighted by Gasteiger charge is -2.26. The molecule has 0 aromatic carbocycles. The molecule has 126 valence electrons. The van der Waals surface area contributed by atoms with Gasteiger partial charge in [-0.05, 0) is 33.2 Å². The van der Waals surface area contributed by atoms with Crippen LogP contribution in [0.4, 0.5) is 0 Å². The van der Waals surface area contributed by atoms with Crippen LogP contribution in [0.1, 0.15) is 33.1 Å². The minimum absolute atomic E-state index is 0.00586. The van der Waals surface area contributed by atoms with Crippen molar-refractivity contribution in [1.29, 1.82) is 0 Å². The number of aliphatic hydroxyl groups is 1. The van der Waals surface area contributed by atoms with Crippen LogP contribution in [-0.2, 0) is 14.4 Å². The van der Waals surface area contributed by atoms with Crippen LogP contribution >= 0.6 is 0 Å². The predicted molar refractivity (Wildman–Crippen MR) is 82.1 cm³/mol. The van der Waals surface area contributed by atoms with Crippen LogP contribution in [-0.4, -0.2) is 54.4 Å². The fraction of sp³-hybridized carbons (Fsp3) is 0.800. The normalized spacial score (nSPS) is 22.5. The van der Waals surface area contributed by atoms with Gasteiger partial charge in [0.1, 0.15) is 5.78 Å². The van der Waals surface area contributed by atoms with Crippen LogP contribution < -0.4 is 16.4 Å². The average Bonchev–Trinajstić information content (AvgIpc) is 2.49. The highest BCUT2D eigenvalue weighted by atomic mass is 16.3. The SMILES string of the molecule is CC(=O)[C@H](CN)NC(=O)[C@@H](CC(=O)[C@H]1CCCNC1)[C@H](C)O. The molecule has 7 heteroatoms. The Balaban J connectivity index is 2.65. The maximum absolute atomic E-state index is 12.3. The summed E-state index contributed by atoms with van der Waals surface area (Å²) in [4.78, 5) is 35.9. The van der Waals surface area contributed by atoms with Crippen molar-refractivity contribution in [1.82, 2.24) is 10.6 Å². The molecule has 5 N–H and O–H groups in total. The molecule has 0 unspecified atom stereocenters. The fourth-order valence-electron chi connectivity index (χ4n) is 2.60. The van der Waals surface area contributed by atoms with E-state index < -0.39 is 24.0 Å². The second-order valence-corrected chi connectivity index (χ2v) is 5.97. The summed E-state index contributed by atoms with van der Waals surface area (Å²) in [5.41, 5.74) is 5.44. The van der Waals surface area contributed by atoms with Crippen molar-refractivity contribution in [3.05, 3.63) is 0 Å². The van der Waals surface area contributed by atoms with E-state index in [9.17, 15) is 19.5 Å². The molecule has 0 spiro atoms. The molecule has 0 radical (unpaired) electrons. The second kappa shape index (κ2) is 8.97. The van der Waals surface area contributed by atoms with Crippen molar-refractivity contribution < 1.29 is 19.5 Å². The van der Waals surface area contributed by atoms with Gasteiger partial charge in [0, 0.05) is 25.4 Å². The minimum Gasteiger partial charge on any atom is -0.393 e. The van der Waals surface area contributed by atoms with E-state index in [1.165, 1.54) is 13.8 Å². The molecule has 1 aliphatic rings. The molecular formula is C15H27N3O4. The molecule has 1 fully saturated rings. The summed E-state index contributed by atoms with van der Waals surface area (Å²) in [5.74, 6) is -1.75. The Bertz CT molecular complexity index is 406. The number of rotatable bonds is 8. The van der Waals surface area contributed by atoms with Crippen molar-refractivity contribution in [2.24, 2.45) is 17.6 Å². The van der Waals surface area contributed by atoms with E-state index in [-0.39, 0.29) is 30.4 Å². The zero-order valence-electron chi connectivity index (χ0n) is 13.3. The molecule has 4 atom stereocenters. The van der Waals surface area contributed by atoms with Gasteiger partial charge in [-0.3, -0.25) is 14.4 Å². The first kappa shape index (κ1) is 18.7. The van der Waals surface area contributed by atoms with E-state index in [1.54, 1.807) is 0 Å². The zero-order valence-corrected chi connectivity index (χ0v) is 13.3. The van der Waals surface area contributed by atoms with Crippen molar-refractivity contribution in [2.45, 2.75) is 45.3 Å². The quantitative estimate of drug-likeness (QED) is 0.455. The number of Topliss-reactive ketones (excluding diaryl/α,β-unsaturated/α-hetero) is 2. The number of carbonyl (C=O) groups is 3. The first-order valence-corrected chi connectivity index (χ1v) is 7.79. The fourth-order valence-corrected chi connectivity index (χ4v) is 2.60. The van der Waals surface area contributed by atoms with Crippen LogP contribution in [0.25, 0.3) is 0 Å². The lowest BCUT2D eigenvalue weighted by atomic mass is 9.87. The molecule has 0 saturated carbocycles. The maximum Gasteiger partial charge on any atom is 0.226 e. The highest BCUT2D eigenvalue weighted by Gasteiger charge is 2.31. The Morgan fingerprint density at radius 1 is 1.41 bits per heavy atom. The molecule has 7 nitrogen and oxygen atoms in total. The van der Waals surface area contributed by atoms with E-state index in [4.69, 9.17) is 5.73 Å². The number of aliphatic hydroxyl groups excluding tert-OH is 1. The van der Waals surface area contributed by atoms with Crippen LogP contribution in [0, 0.1) is 11.8 Å². The Morgan fingerprint density at radius 2 is 2.09 bits per heavy atom. The monoisotopic (exact) mass is 313 g/mol. The number of ketones is 2. The van der Waals surface area contributed by atoms with Crippen LogP contribution in [0.5, 0.6) is 0 Å². The van der Waals surface area contributed by atoms with E-state index in [2.05, 4.69) is 10.6 Å². The average molecular weight is 313 g/mol. The van der Waals surface area contributed by atoms with Crippen molar-refractivity contribution in [3.63, 3.8) is 0 Å². The lowest BCUT2D eigenvalue weighted by molar-refractivity contribution is -0.136. The first-order valence-electron chi connectivity index (χ1n) is 7.79. The highest BCUT2D eigenvalue weighted by molar-refractivity contribution is 5.92. The Kier molecular flexibility index (Phi) is 7.64. The summed E-state index contributed by atoms with van der Waals surface area (Å²) in [7, 11) is 0. The van der Waals surface area contributed by atoms with Gasteiger partial charge in [0.2, 0.25) is 5.91 Å². The largest absolute Gasteiger partial charge is 0.393 e. The van der Waals surface area contributed by atoms with Crippen molar-refractivity contribution in [3.8, 4) is 0 Å². The molecule has 0 aromatic rings. The number of nitrogens with one attached hydrogen (secondary N) is 2. The molecule has 1 heterocycles. The Morgan fingerprint density at radius 3 is 2.55 bits per heavy atom. The summed E-state index contributed by atoms with van der Waals surface area (Å²) < 4.78 is 0. The number of hydrogen-bond acceptors (Lipinski definition) is 6. The topological polar surface area (TPSA) is 122 Å². The van der Waals surface area contributed by atoms with Gasteiger partial charge in [-0.25, -0.2) is 0 Å². The lowest BCUT2D eigenvalue weighted by Crippen LogP contribution is -2.49. The third-order valence-electron chi connectivity index (χ3n) is 4.14. The summed E-state index contributed by atoms with van der Waals surface area (Å²) >= 11 is 0. The minimum atomic E-state index is -0.967. The van der Waals surface area contributed by atoms with Gasteiger partial charge >= 0.3 is 0 Å². The molecule has 22 heavy (non-hydrogen) atoms. The summed E-state index contributed by atoms with van der Waals surface area (Å²) in [6.07, 6.45) is 0.747. The Labute approximate surface area is 131 Å².